The number of hydrogen-bond donors (Lipinski definition) is 2. The van der Waals surface area contributed by atoms with Crippen LogP contribution >= 0.6 is 0 Å². The first-order chi connectivity index (χ1) is 30.7. The molecule has 0 radical (unpaired) electrons. The molecule has 6 aromatic carbocycles. The zero-order valence-corrected chi connectivity index (χ0v) is 41.1. The second kappa shape index (κ2) is 19.1. The van der Waals surface area contributed by atoms with Crippen LogP contribution in [0, 0.1) is 0 Å². The molecule has 2 aliphatic rings. The van der Waals surface area contributed by atoms with Crippen LogP contribution in [0.3, 0.4) is 0 Å². The van der Waals surface area contributed by atoms with Crippen LogP contribution in [0.4, 0.5) is 0 Å². The van der Waals surface area contributed by atoms with E-state index in [-0.39, 0.29) is 27.4 Å². The molecule has 1 saturated heterocycles. The minimum atomic E-state index is -0.378. The van der Waals surface area contributed by atoms with Gasteiger partial charge in [0.1, 0.15) is 11.5 Å². The number of phenols is 2. The smallest absolute Gasteiger partial charge is 0.127 e. The van der Waals surface area contributed by atoms with Crippen LogP contribution in [0.5, 0.6) is 28.7 Å². The minimum absolute atomic E-state index is 0.00888. The van der Waals surface area contributed by atoms with E-state index in [2.05, 4.69) is 162 Å². The maximum Gasteiger partial charge on any atom is 0.127 e. The average molecular weight is 911 g/mol. The fourth-order valence-corrected chi connectivity index (χ4v) is 10.7. The first-order valence-corrected chi connectivity index (χ1v) is 24.1. The van der Waals surface area contributed by atoms with Crippen molar-refractivity contribution in [3.63, 3.8) is 0 Å². The molecule has 0 spiro atoms. The van der Waals surface area contributed by atoms with Gasteiger partial charge in [0.2, 0.25) is 0 Å². The average Bonchev–Trinajstić information content (AvgIpc) is 3.62. The summed E-state index contributed by atoms with van der Waals surface area (Å²) in [6, 6.07) is 46.3. The van der Waals surface area contributed by atoms with E-state index in [0.717, 1.165) is 40.8 Å². The fraction of sp³-hybridized carbons (Fsp3) is 0.345. The predicted octanol–water partition coefficient (Wildman–Crippen LogP) is 12.7. The van der Waals surface area contributed by atoms with Crippen LogP contribution in [0.15, 0.2) is 140 Å². The van der Waals surface area contributed by atoms with Crippen LogP contribution in [0.25, 0.3) is 0 Å². The van der Waals surface area contributed by atoms with Crippen molar-refractivity contribution in [3.8, 4) is 28.7 Å². The van der Waals surface area contributed by atoms with Crippen LogP contribution in [0.2, 0.25) is 0 Å². The molecule has 7 heteroatoms. The molecule has 0 aromatic heterocycles. The molecule has 2 N–H and O–H groups in total. The van der Waals surface area contributed by atoms with Gasteiger partial charge in [-0.05, 0) is 24.3 Å². The zero-order chi connectivity index (χ0) is 46.7. The molecule has 339 valence electrons. The molecule has 2 fully saturated rings. The van der Waals surface area contributed by atoms with Gasteiger partial charge in [-0.3, -0.25) is 0 Å². The third-order valence-corrected chi connectivity index (χ3v) is 14.8. The molecule has 1 aliphatic carbocycles. The normalized spacial score (nSPS) is 17.9. The van der Waals surface area contributed by atoms with Crippen molar-refractivity contribution in [2.45, 2.75) is 129 Å². The largest absolute Gasteiger partial charge is 0.872 e. The fourth-order valence-electron chi connectivity index (χ4n) is 8.86. The van der Waals surface area contributed by atoms with E-state index in [9.17, 15) is 15.3 Å². The standard InChI is InChI=1S/C46H58N2O2.C12H10O2.Mn/c1-43(2,3)35-25-31(41(49)37(27-35)45(7,8)33-19-13-11-14-20-33)29-47-39-23-17-18-24-40(39)48-30-32-26-36(44(4,5)6)28-38(42(32)50)46(9,10)34-21-15-12-16-22-34;13-10-6-8-12(9-7-10)14-11-4-2-1-3-5-11;/h11-16,19-22,25-30,39-40,49-50H,17-18,23-24H2,1-10H3;1-9,13H;/q;;+2/p-1/t39-,40-;;/m1../s1. The molecule has 8 rings (SSSR count). The van der Waals surface area contributed by atoms with Gasteiger partial charge in [0, 0.05) is 0 Å². The van der Waals surface area contributed by atoms with Crippen LogP contribution in [-0.2, 0) is 37.1 Å². The van der Waals surface area contributed by atoms with Crippen molar-refractivity contribution < 1.29 is 42.6 Å². The Morgan fingerprint density at radius 2 is 0.877 bits per heavy atom. The molecule has 1 heterocycles. The molecular formula is C58H67MnN2O4+. The third kappa shape index (κ3) is 10.8. The zero-order valence-electron chi connectivity index (χ0n) is 39.9. The van der Waals surface area contributed by atoms with E-state index in [1.165, 1.54) is 47.2 Å². The molecule has 0 bridgehead atoms. The van der Waals surface area contributed by atoms with Gasteiger partial charge in [-0.15, -0.1) is 5.75 Å². The Hall–Kier alpha value is -5.62. The Bertz CT molecular complexity index is 2500. The summed E-state index contributed by atoms with van der Waals surface area (Å²) in [6.45, 7) is 22.4. The summed E-state index contributed by atoms with van der Waals surface area (Å²) in [5, 5.41) is 35.0. The monoisotopic (exact) mass is 910 g/mol. The van der Waals surface area contributed by atoms with Crippen molar-refractivity contribution in [1.82, 2.24) is 0 Å². The van der Waals surface area contributed by atoms with Crippen molar-refractivity contribution in [1.29, 1.82) is 0 Å². The molecule has 6 aromatic rings. The Balaban J connectivity index is 0.000000381. The van der Waals surface area contributed by atoms with Crippen molar-refractivity contribution >= 4 is 12.4 Å². The predicted molar refractivity (Wildman–Crippen MR) is 260 cm³/mol. The minimum Gasteiger partial charge on any atom is -0.872 e. The molecule has 65 heavy (non-hydrogen) atoms. The van der Waals surface area contributed by atoms with Gasteiger partial charge in [-0.2, -0.15) is 0 Å². The van der Waals surface area contributed by atoms with E-state index in [1.807, 2.05) is 42.5 Å². The molecule has 1 saturated carbocycles. The summed E-state index contributed by atoms with van der Waals surface area (Å²) in [4.78, 5) is 0. The number of aromatic hydroxyl groups is 2. The summed E-state index contributed by atoms with van der Waals surface area (Å²) in [5.74, 6) is 2.16. The van der Waals surface area contributed by atoms with Crippen LogP contribution in [0.1, 0.15) is 139 Å². The van der Waals surface area contributed by atoms with Gasteiger partial charge < -0.3 is 9.84 Å². The van der Waals surface area contributed by atoms with Gasteiger partial charge in [0.15, 0.2) is 0 Å². The topological polar surface area (TPSA) is 78.8 Å². The molecule has 0 unspecified atom stereocenters. The van der Waals surface area contributed by atoms with Gasteiger partial charge >= 0.3 is 315 Å². The Morgan fingerprint density at radius 3 is 1.26 bits per heavy atom. The number of fused-ring (bicyclic) bond motifs is 1. The SMILES string of the molecule is CC(C)(C)c1cc(C=[N+]2[Mn][N+](=Cc3cc(C(C)(C)C)cc(C(C)(C)c4ccccc4)c3O)[C@@H]3CCCC[C@H]32)c(O)c(C(C)(C)c2ccccc2)c1.[O-]c1ccc(Oc2ccccc2)cc1. The first-order valence-electron chi connectivity index (χ1n) is 23.0. The van der Waals surface area contributed by atoms with Crippen molar-refractivity contribution in [3.05, 3.63) is 184 Å². The molecule has 2 atom stereocenters. The number of nitrogens with zero attached hydrogens (tertiary/aromatic N) is 2. The van der Waals surface area contributed by atoms with E-state index in [4.69, 9.17) is 4.74 Å². The van der Waals surface area contributed by atoms with Gasteiger partial charge in [-0.25, -0.2) is 0 Å². The third-order valence-electron chi connectivity index (χ3n) is 13.2. The summed E-state index contributed by atoms with van der Waals surface area (Å²) >= 11 is 0.320. The quantitative estimate of drug-likeness (QED) is 0.149. The first kappa shape index (κ1) is 47.3. The maximum absolute atomic E-state index is 12.1. The van der Waals surface area contributed by atoms with Crippen molar-refractivity contribution in [2.75, 3.05) is 0 Å². The summed E-state index contributed by atoms with van der Waals surface area (Å²) in [7, 11) is 0. The number of rotatable bonds is 8. The van der Waals surface area contributed by atoms with E-state index >= 15 is 0 Å². The van der Waals surface area contributed by atoms with Crippen LogP contribution in [-0.4, -0.2) is 41.9 Å². The summed E-state index contributed by atoms with van der Waals surface area (Å²) in [6.07, 6.45) is 9.10. The second-order valence-corrected chi connectivity index (χ2v) is 22.2. The number of hydrogen-bond acceptors (Lipinski definition) is 4. The Morgan fingerprint density at radius 1 is 0.508 bits per heavy atom. The Labute approximate surface area is 394 Å². The number of phenolic OH excluding ortho intramolecular Hbond substituents is 2. The van der Waals surface area contributed by atoms with Gasteiger partial charge in [0.25, 0.3) is 0 Å². The molecular weight excluding hydrogens is 844 g/mol. The molecule has 6 nitrogen and oxygen atoms in total. The van der Waals surface area contributed by atoms with Crippen molar-refractivity contribution in [2.24, 2.45) is 0 Å². The molecule has 0 amide bonds. The molecule has 1 aliphatic heterocycles. The number of para-hydroxylation sites is 1. The van der Waals surface area contributed by atoms with Gasteiger partial charge in [-0.1, -0.05) is 30.3 Å². The summed E-state index contributed by atoms with van der Waals surface area (Å²) < 4.78 is 10.5. The van der Waals surface area contributed by atoms with E-state index < -0.39 is 0 Å². The summed E-state index contributed by atoms with van der Waals surface area (Å²) in [5.41, 5.74) is 7.54. The van der Waals surface area contributed by atoms with Crippen LogP contribution < -0.4 is 9.84 Å². The Kier molecular flexibility index (Phi) is 13.9. The van der Waals surface area contributed by atoms with Gasteiger partial charge in [0.05, 0.1) is 0 Å². The number of ether oxygens (including phenoxy) is 1. The number of benzene rings is 6. The van der Waals surface area contributed by atoms with E-state index in [1.54, 1.807) is 12.1 Å². The maximum atomic E-state index is 12.1. The second-order valence-electron chi connectivity index (χ2n) is 20.7. The van der Waals surface area contributed by atoms with E-state index in [0.29, 0.717) is 44.7 Å².